The molecule has 0 unspecified atom stereocenters. The zero-order valence-electron chi connectivity index (χ0n) is 23.0. The number of carbonyl (C=O) groups excluding carboxylic acids is 2. The molecule has 3 aliphatic rings. The monoisotopic (exact) mass is 520 g/mol. The summed E-state index contributed by atoms with van der Waals surface area (Å²) in [7, 11) is 4.87. The molecule has 3 aliphatic carbocycles. The zero-order chi connectivity index (χ0) is 26.9. The van der Waals surface area contributed by atoms with Gasteiger partial charge in [0.2, 0.25) is 0 Å². The minimum atomic E-state index is -0.249. The highest BCUT2D eigenvalue weighted by atomic mass is 16.5. The van der Waals surface area contributed by atoms with Gasteiger partial charge in [0.05, 0.1) is 21.3 Å². The van der Waals surface area contributed by atoms with E-state index in [9.17, 15) is 9.59 Å². The fourth-order valence-electron chi connectivity index (χ4n) is 7.67. The number of benzene rings is 2. The predicted molar refractivity (Wildman–Crippen MR) is 147 cm³/mol. The summed E-state index contributed by atoms with van der Waals surface area (Å²) in [6, 6.07) is 11.6. The number of amides is 2. The van der Waals surface area contributed by atoms with Crippen LogP contribution in [0.1, 0.15) is 62.5 Å². The quantitative estimate of drug-likeness (QED) is 0.419. The van der Waals surface area contributed by atoms with E-state index >= 15 is 0 Å². The second-order valence-corrected chi connectivity index (χ2v) is 11.3. The van der Waals surface area contributed by atoms with E-state index in [0.29, 0.717) is 59.6 Å². The van der Waals surface area contributed by atoms with Crippen molar-refractivity contribution in [3.8, 4) is 17.2 Å². The molecule has 0 spiro atoms. The number of rotatable bonds is 8. The van der Waals surface area contributed by atoms with Gasteiger partial charge in [-0.2, -0.15) is 0 Å². The Labute approximate surface area is 225 Å². The Morgan fingerprint density at radius 3 is 2.61 bits per heavy atom. The smallest absolute Gasteiger partial charge is 0.319 e. The molecule has 2 amide bonds. The van der Waals surface area contributed by atoms with E-state index in [1.54, 1.807) is 39.5 Å². The third-order valence-corrected chi connectivity index (χ3v) is 9.46. The maximum Gasteiger partial charge on any atom is 0.319 e. The van der Waals surface area contributed by atoms with Gasteiger partial charge in [0, 0.05) is 30.1 Å². The van der Waals surface area contributed by atoms with Gasteiger partial charge in [0.15, 0.2) is 11.5 Å². The van der Waals surface area contributed by atoms with Crippen molar-refractivity contribution in [2.24, 2.45) is 23.2 Å². The van der Waals surface area contributed by atoms with E-state index in [1.165, 1.54) is 11.1 Å². The van der Waals surface area contributed by atoms with Crippen molar-refractivity contribution >= 4 is 17.5 Å². The number of ketones is 1. The molecule has 5 atom stereocenters. The van der Waals surface area contributed by atoms with Crippen LogP contribution in [-0.4, -0.2) is 39.7 Å². The molecule has 2 aromatic carbocycles. The average Bonchev–Trinajstić information content (AvgIpc) is 3.19. The highest BCUT2D eigenvalue weighted by Gasteiger charge is 2.58. The minimum absolute atomic E-state index is 0.200. The molecule has 38 heavy (non-hydrogen) atoms. The van der Waals surface area contributed by atoms with Gasteiger partial charge in [0.1, 0.15) is 11.5 Å². The Hall–Kier alpha value is -3.22. The molecule has 2 fully saturated rings. The highest BCUT2D eigenvalue weighted by Crippen LogP contribution is 2.62. The first-order valence-corrected chi connectivity index (χ1v) is 13.8. The van der Waals surface area contributed by atoms with Crippen molar-refractivity contribution < 1.29 is 23.8 Å². The van der Waals surface area contributed by atoms with Crippen LogP contribution in [0.5, 0.6) is 17.2 Å². The summed E-state index contributed by atoms with van der Waals surface area (Å²) in [6.07, 6.45) is 6.76. The van der Waals surface area contributed by atoms with Crippen LogP contribution in [-0.2, 0) is 11.2 Å². The molecule has 2 aromatic rings. The van der Waals surface area contributed by atoms with Crippen LogP contribution < -0.4 is 24.8 Å². The van der Waals surface area contributed by atoms with Crippen LogP contribution in [0, 0.1) is 23.2 Å². The molecule has 5 rings (SSSR count). The fourth-order valence-corrected chi connectivity index (χ4v) is 7.67. The number of ether oxygens (including phenoxy) is 3. The largest absolute Gasteiger partial charge is 0.497 e. The lowest BCUT2D eigenvalue weighted by molar-refractivity contribution is -0.129. The van der Waals surface area contributed by atoms with Crippen LogP contribution in [0.25, 0.3) is 0 Å². The van der Waals surface area contributed by atoms with E-state index in [-0.39, 0.29) is 11.4 Å². The lowest BCUT2D eigenvalue weighted by atomic mass is 9.54. The molecule has 0 saturated heterocycles. The van der Waals surface area contributed by atoms with E-state index < -0.39 is 0 Å². The van der Waals surface area contributed by atoms with Crippen LogP contribution in [0.15, 0.2) is 36.4 Å². The van der Waals surface area contributed by atoms with Crippen molar-refractivity contribution in [1.29, 1.82) is 0 Å². The van der Waals surface area contributed by atoms with Gasteiger partial charge in [0.25, 0.3) is 0 Å². The number of fused-ring (bicyclic) bond motifs is 5. The molecule has 2 N–H and O–H groups in total. The normalized spacial score (nSPS) is 27.5. The van der Waals surface area contributed by atoms with Crippen LogP contribution >= 0.6 is 0 Å². The molecule has 7 heteroatoms. The summed E-state index contributed by atoms with van der Waals surface area (Å²) in [4.78, 5) is 25.8. The summed E-state index contributed by atoms with van der Waals surface area (Å²) in [5, 5.41) is 5.84. The summed E-state index contributed by atoms with van der Waals surface area (Å²) in [5.74, 6) is 4.44. The van der Waals surface area contributed by atoms with Gasteiger partial charge in [-0.05, 0) is 97.6 Å². The lowest BCUT2D eigenvalue weighted by Crippen LogP contribution is -2.44. The van der Waals surface area contributed by atoms with E-state index in [4.69, 9.17) is 14.2 Å². The van der Waals surface area contributed by atoms with Gasteiger partial charge in [-0.15, -0.1) is 0 Å². The highest BCUT2D eigenvalue weighted by molar-refractivity contribution is 5.89. The van der Waals surface area contributed by atoms with Gasteiger partial charge in [-0.3, -0.25) is 4.79 Å². The number of hydrogen-bond acceptors (Lipinski definition) is 5. The number of aryl methyl sites for hydroxylation is 1. The third-order valence-electron chi connectivity index (χ3n) is 9.46. The molecule has 7 nitrogen and oxygen atoms in total. The molecule has 0 aliphatic heterocycles. The summed E-state index contributed by atoms with van der Waals surface area (Å²) < 4.78 is 16.0. The fraction of sp³-hybridized carbons (Fsp3) is 0.548. The Morgan fingerprint density at radius 2 is 1.84 bits per heavy atom. The first-order chi connectivity index (χ1) is 18.4. The lowest BCUT2D eigenvalue weighted by Gasteiger charge is -2.50. The van der Waals surface area contributed by atoms with Crippen molar-refractivity contribution in [3.63, 3.8) is 0 Å². The Morgan fingerprint density at radius 1 is 1.03 bits per heavy atom. The number of nitrogens with one attached hydrogen (secondary N) is 2. The standard InChI is InChI=1S/C31H40N2O5/c1-31-14-13-24-23-11-9-22(36-2)16-19(23)7-10-25(24)29(31)20(17-28(31)34)6-5-15-32-30(35)33-21-8-12-26(37-3)27(18-21)38-4/h8-9,11-12,16,18,20,24-25,29H,5-7,10,13-15,17H2,1-4H3,(H2,32,33,35)/t20-,24-,25-,29+,31-/m1/s1. The maximum absolute atomic E-state index is 13.3. The van der Waals surface area contributed by atoms with Crippen molar-refractivity contribution in [3.05, 3.63) is 47.5 Å². The number of urea groups is 1. The van der Waals surface area contributed by atoms with Gasteiger partial charge >= 0.3 is 6.03 Å². The van der Waals surface area contributed by atoms with E-state index in [2.05, 4.69) is 35.8 Å². The van der Waals surface area contributed by atoms with Crippen LogP contribution in [0.3, 0.4) is 0 Å². The van der Waals surface area contributed by atoms with Crippen molar-refractivity contribution in [2.45, 2.75) is 57.8 Å². The number of anilines is 1. The molecular formula is C31H40N2O5. The average molecular weight is 521 g/mol. The topological polar surface area (TPSA) is 85.9 Å². The van der Waals surface area contributed by atoms with Crippen LogP contribution in [0.4, 0.5) is 10.5 Å². The minimum Gasteiger partial charge on any atom is -0.497 e. The molecule has 0 bridgehead atoms. The Balaban J connectivity index is 1.19. The molecule has 204 valence electrons. The second-order valence-electron chi connectivity index (χ2n) is 11.3. The second kappa shape index (κ2) is 10.9. The number of hydrogen-bond donors (Lipinski definition) is 2. The molecule has 0 aromatic heterocycles. The Kier molecular flexibility index (Phi) is 7.55. The SMILES string of the molecule is COc1ccc2c(c1)CC[C@H]1[C@@H]3[C@H](CCCNC(=O)Nc4ccc(OC)c(OC)c4)CC(=O)[C@@]3(C)CC[C@H]21. The number of methoxy groups -OCH3 is 3. The van der Waals surface area contributed by atoms with Gasteiger partial charge < -0.3 is 24.8 Å². The molecule has 0 radical (unpaired) electrons. The maximum atomic E-state index is 13.3. The first-order valence-electron chi connectivity index (χ1n) is 13.8. The zero-order valence-corrected chi connectivity index (χ0v) is 23.0. The molecule has 2 saturated carbocycles. The molecule has 0 heterocycles. The molecular weight excluding hydrogens is 480 g/mol. The van der Waals surface area contributed by atoms with Crippen molar-refractivity contribution in [1.82, 2.24) is 5.32 Å². The number of carbonyl (C=O) groups is 2. The van der Waals surface area contributed by atoms with E-state index in [1.807, 2.05) is 0 Å². The number of Topliss-reactive ketones (excluding diaryl/α,β-unsaturated/α-hetero) is 1. The van der Waals surface area contributed by atoms with Gasteiger partial charge in [-0.25, -0.2) is 4.79 Å². The predicted octanol–water partition coefficient (Wildman–Crippen LogP) is 5.97. The summed E-state index contributed by atoms with van der Waals surface area (Å²) in [6.45, 7) is 2.80. The summed E-state index contributed by atoms with van der Waals surface area (Å²) in [5.41, 5.74) is 3.32. The Bertz CT molecular complexity index is 1200. The van der Waals surface area contributed by atoms with E-state index in [0.717, 1.165) is 44.3 Å². The summed E-state index contributed by atoms with van der Waals surface area (Å²) >= 11 is 0. The van der Waals surface area contributed by atoms with Crippen LogP contribution in [0.2, 0.25) is 0 Å². The van der Waals surface area contributed by atoms with Crippen molar-refractivity contribution in [2.75, 3.05) is 33.2 Å². The third kappa shape index (κ3) is 4.83. The van der Waals surface area contributed by atoms with Gasteiger partial charge in [-0.1, -0.05) is 13.0 Å². The first kappa shape index (κ1) is 26.4.